The van der Waals surface area contributed by atoms with E-state index in [0.717, 1.165) is 43.5 Å². The maximum atomic E-state index is 11.8. The maximum absolute atomic E-state index is 11.8. The molecule has 1 amide bonds. The van der Waals surface area contributed by atoms with Crippen LogP contribution in [0.2, 0.25) is 0 Å². The van der Waals surface area contributed by atoms with Gasteiger partial charge in [-0.3, -0.25) is 4.79 Å². The fourth-order valence-corrected chi connectivity index (χ4v) is 2.08. The van der Waals surface area contributed by atoms with Gasteiger partial charge in [0.1, 0.15) is 5.75 Å². The number of ether oxygens (including phenoxy) is 1. The van der Waals surface area contributed by atoms with Crippen molar-refractivity contribution in [3.63, 3.8) is 0 Å². The molecule has 3 nitrogen and oxygen atoms in total. The minimum absolute atomic E-state index is 0.0569. The van der Waals surface area contributed by atoms with Gasteiger partial charge in [-0.1, -0.05) is 45.7 Å². The van der Waals surface area contributed by atoms with E-state index >= 15 is 0 Å². The first-order valence-electron chi connectivity index (χ1n) is 7.77. The highest BCUT2D eigenvalue weighted by Crippen LogP contribution is 2.30. The molecule has 0 saturated heterocycles. The number of amides is 1. The van der Waals surface area contributed by atoms with Gasteiger partial charge < -0.3 is 10.1 Å². The van der Waals surface area contributed by atoms with Crippen molar-refractivity contribution >= 4 is 11.6 Å². The number of carbonyl (C=O) groups is 1. The van der Waals surface area contributed by atoms with Crippen LogP contribution in [0.4, 0.5) is 5.69 Å². The van der Waals surface area contributed by atoms with Crippen molar-refractivity contribution in [1.29, 1.82) is 0 Å². The predicted octanol–water partition coefficient (Wildman–Crippen LogP) is 4.56. The van der Waals surface area contributed by atoms with Gasteiger partial charge in [-0.2, -0.15) is 0 Å². The van der Waals surface area contributed by atoms with Crippen LogP contribution in [0.25, 0.3) is 0 Å². The molecule has 0 radical (unpaired) electrons. The molecule has 1 aromatic carbocycles. The topological polar surface area (TPSA) is 38.3 Å². The van der Waals surface area contributed by atoms with Crippen molar-refractivity contribution in [2.45, 2.75) is 59.3 Å². The molecule has 0 aliphatic rings. The summed E-state index contributed by atoms with van der Waals surface area (Å²) in [6, 6.07) is 5.99. The zero-order valence-corrected chi connectivity index (χ0v) is 13.0. The Balaban J connectivity index is 2.89. The van der Waals surface area contributed by atoms with E-state index in [1.165, 1.54) is 5.56 Å². The summed E-state index contributed by atoms with van der Waals surface area (Å²) in [6.45, 7) is 7.00. The summed E-state index contributed by atoms with van der Waals surface area (Å²) in [5.74, 6) is 0.911. The van der Waals surface area contributed by atoms with E-state index < -0.39 is 0 Å². The minimum Gasteiger partial charge on any atom is -0.491 e. The van der Waals surface area contributed by atoms with Crippen molar-refractivity contribution in [3.8, 4) is 5.75 Å². The second-order valence-corrected chi connectivity index (χ2v) is 5.04. The molecule has 0 saturated carbocycles. The number of rotatable bonds is 9. The molecule has 0 fully saturated rings. The summed E-state index contributed by atoms with van der Waals surface area (Å²) in [5, 5.41) is 2.97. The molecule has 0 bridgehead atoms. The van der Waals surface area contributed by atoms with Crippen LogP contribution in [-0.4, -0.2) is 12.5 Å². The first-order valence-corrected chi connectivity index (χ1v) is 7.77. The first-order chi connectivity index (χ1) is 9.72. The maximum Gasteiger partial charge on any atom is 0.224 e. The number of hydrogen-bond acceptors (Lipinski definition) is 2. The van der Waals surface area contributed by atoms with Crippen LogP contribution in [0.1, 0.15) is 58.4 Å². The third-order valence-corrected chi connectivity index (χ3v) is 3.11. The third-order valence-electron chi connectivity index (χ3n) is 3.11. The molecule has 1 aromatic rings. The molecule has 20 heavy (non-hydrogen) atoms. The molecule has 0 atom stereocenters. The lowest BCUT2D eigenvalue weighted by Crippen LogP contribution is -2.13. The monoisotopic (exact) mass is 277 g/mol. The minimum atomic E-state index is 0.0569. The van der Waals surface area contributed by atoms with Crippen molar-refractivity contribution in [1.82, 2.24) is 0 Å². The zero-order valence-electron chi connectivity index (χ0n) is 13.0. The number of anilines is 1. The molecule has 0 aliphatic heterocycles. The molecule has 0 heterocycles. The van der Waals surface area contributed by atoms with E-state index in [-0.39, 0.29) is 5.91 Å². The zero-order chi connectivity index (χ0) is 14.8. The van der Waals surface area contributed by atoms with Crippen molar-refractivity contribution in [2.24, 2.45) is 0 Å². The van der Waals surface area contributed by atoms with Gasteiger partial charge in [-0.25, -0.2) is 0 Å². The number of nitrogens with one attached hydrogen (secondary N) is 1. The Kier molecular flexibility index (Phi) is 7.78. The predicted molar refractivity (Wildman–Crippen MR) is 84.4 cm³/mol. The lowest BCUT2D eigenvalue weighted by Gasteiger charge is -2.16. The van der Waals surface area contributed by atoms with Gasteiger partial charge in [-0.05, 0) is 30.9 Å². The van der Waals surface area contributed by atoms with Crippen LogP contribution >= 0.6 is 0 Å². The van der Waals surface area contributed by atoms with Crippen molar-refractivity contribution in [2.75, 3.05) is 11.9 Å². The average Bonchev–Trinajstić information content (AvgIpc) is 2.42. The Morgan fingerprint density at radius 2 is 1.95 bits per heavy atom. The molecule has 1 N–H and O–H groups in total. The van der Waals surface area contributed by atoms with Gasteiger partial charge in [0.25, 0.3) is 0 Å². The quantitative estimate of drug-likeness (QED) is 0.672. The van der Waals surface area contributed by atoms with Gasteiger partial charge >= 0.3 is 0 Å². The van der Waals surface area contributed by atoms with Crippen LogP contribution in [0, 0.1) is 0 Å². The van der Waals surface area contributed by atoms with Gasteiger partial charge in [0.05, 0.1) is 12.3 Å². The summed E-state index contributed by atoms with van der Waals surface area (Å²) >= 11 is 0. The van der Waals surface area contributed by atoms with Gasteiger partial charge in [0, 0.05) is 6.42 Å². The number of para-hydroxylation sites is 1. The second kappa shape index (κ2) is 9.40. The molecule has 1 rings (SSSR count). The number of unbranched alkanes of at least 4 members (excludes halogenated alkanes) is 1. The first kappa shape index (κ1) is 16.5. The van der Waals surface area contributed by atoms with Crippen molar-refractivity contribution < 1.29 is 9.53 Å². The fourth-order valence-electron chi connectivity index (χ4n) is 2.08. The molecule has 0 spiro atoms. The highest BCUT2D eigenvalue weighted by Gasteiger charge is 2.11. The number of aryl methyl sites for hydroxylation is 1. The standard InChI is InChI=1S/C17H27NO2/c1-4-7-13-20-17-14(9-5-2)11-8-12-15(17)18-16(19)10-6-3/h8,11-12H,4-7,9-10,13H2,1-3H3,(H,18,19). The van der Waals surface area contributed by atoms with E-state index in [4.69, 9.17) is 4.74 Å². The summed E-state index contributed by atoms with van der Waals surface area (Å²) in [7, 11) is 0. The Bertz CT molecular complexity index is 415. The Morgan fingerprint density at radius 3 is 2.60 bits per heavy atom. The highest BCUT2D eigenvalue weighted by atomic mass is 16.5. The number of carbonyl (C=O) groups excluding carboxylic acids is 1. The molecular formula is C17H27NO2. The lowest BCUT2D eigenvalue weighted by molar-refractivity contribution is -0.116. The Hall–Kier alpha value is -1.51. The highest BCUT2D eigenvalue weighted by molar-refractivity contribution is 5.92. The largest absolute Gasteiger partial charge is 0.491 e. The van der Waals surface area contributed by atoms with E-state index in [1.54, 1.807) is 0 Å². The summed E-state index contributed by atoms with van der Waals surface area (Å²) in [4.78, 5) is 11.8. The van der Waals surface area contributed by atoms with E-state index in [1.807, 2.05) is 19.1 Å². The van der Waals surface area contributed by atoms with Crippen LogP contribution < -0.4 is 10.1 Å². The van der Waals surface area contributed by atoms with Crippen LogP contribution in [0.3, 0.4) is 0 Å². The Morgan fingerprint density at radius 1 is 1.15 bits per heavy atom. The van der Waals surface area contributed by atoms with E-state index in [2.05, 4.69) is 25.2 Å². The molecular weight excluding hydrogens is 250 g/mol. The number of benzene rings is 1. The molecule has 0 aliphatic carbocycles. The molecule has 112 valence electrons. The summed E-state index contributed by atoms with van der Waals surface area (Å²) in [5.41, 5.74) is 1.99. The normalized spacial score (nSPS) is 10.3. The summed E-state index contributed by atoms with van der Waals surface area (Å²) in [6.07, 6.45) is 5.57. The fraction of sp³-hybridized carbons (Fsp3) is 0.588. The van der Waals surface area contributed by atoms with E-state index in [9.17, 15) is 4.79 Å². The van der Waals surface area contributed by atoms with E-state index in [0.29, 0.717) is 13.0 Å². The van der Waals surface area contributed by atoms with Crippen molar-refractivity contribution in [3.05, 3.63) is 23.8 Å². The second-order valence-electron chi connectivity index (χ2n) is 5.04. The third kappa shape index (κ3) is 5.24. The van der Waals surface area contributed by atoms with Gasteiger partial charge in [0.15, 0.2) is 0 Å². The van der Waals surface area contributed by atoms with Crippen LogP contribution in [0.15, 0.2) is 18.2 Å². The van der Waals surface area contributed by atoms with Crippen LogP contribution in [0.5, 0.6) is 5.75 Å². The smallest absolute Gasteiger partial charge is 0.224 e. The van der Waals surface area contributed by atoms with Crippen LogP contribution in [-0.2, 0) is 11.2 Å². The average molecular weight is 277 g/mol. The summed E-state index contributed by atoms with van der Waals surface area (Å²) < 4.78 is 5.93. The molecule has 3 heteroatoms. The van der Waals surface area contributed by atoms with Gasteiger partial charge in [-0.15, -0.1) is 0 Å². The SMILES string of the molecule is CCCCOc1c(CCC)cccc1NC(=O)CCC. The number of hydrogen-bond donors (Lipinski definition) is 1. The molecule has 0 unspecified atom stereocenters. The molecule has 0 aromatic heterocycles. The Labute approximate surface area is 122 Å². The lowest BCUT2D eigenvalue weighted by atomic mass is 10.1. The van der Waals surface area contributed by atoms with Gasteiger partial charge in [0.2, 0.25) is 5.91 Å².